The van der Waals surface area contributed by atoms with Crippen molar-refractivity contribution in [2.75, 3.05) is 14.1 Å². The van der Waals surface area contributed by atoms with Gasteiger partial charge in [-0.15, -0.1) is 10.2 Å². The molecular formula is C24H28N4O2S. The van der Waals surface area contributed by atoms with Crippen LogP contribution in [0, 0.1) is 0 Å². The van der Waals surface area contributed by atoms with Crippen molar-refractivity contribution >= 4 is 23.5 Å². The number of ketones is 1. The highest BCUT2D eigenvalue weighted by Gasteiger charge is 2.13. The van der Waals surface area contributed by atoms with Crippen molar-refractivity contribution in [1.82, 2.24) is 19.7 Å². The van der Waals surface area contributed by atoms with Crippen molar-refractivity contribution in [3.8, 4) is 0 Å². The topological polar surface area (TPSA) is 68.1 Å². The first-order valence-corrected chi connectivity index (χ1v) is 11.1. The predicted octanol–water partition coefficient (Wildman–Crippen LogP) is 3.65. The van der Waals surface area contributed by atoms with Gasteiger partial charge in [-0.1, -0.05) is 60.3 Å². The van der Waals surface area contributed by atoms with Gasteiger partial charge in [-0.3, -0.25) is 9.59 Å². The van der Waals surface area contributed by atoms with Gasteiger partial charge in [-0.05, 0) is 29.2 Å². The van der Waals surface area contributed by atoms with Crippen molar-refractivity contribution in [3.05, 3.63) is 77.1 Å². The smallest absolute Gasteiger partial charge is 0.226 e. The monoisotopic (exact) mass is 436 g/mol. The quantitative estimate of drug-likeness (QED) is 0.479. The molecule has 2 aromatic carbocycles. The molecule has 1 amide bonds. The van der Waals surface area contributed by atoms with Crippen molar-refractivity contribution in [3.63, 3.8) is 0 Å². The Kier molecular flexibility index (Phi) is 7.63. The molecule has 1 aromatic heterocycles. The summed E-state index contributed by atoms with van der Waals surface area (Å²) >= 11 is 1.64. The first kappa shape index (κ1) is 22.7. The van der Waals surface area contributed by atoms with E-state index in [0.717, 1.165) is 27.4 Å². The molecule has 6 nitrogen and oxygen atoms in total. The number of carbonyl (C=O) groups excluding carboxylic acids is 2. The molecule has 0 unspecified atom stereocenters. The summed E-state index contributed by atoms with van der Waals surface area (Å²) in [5.74, 6) is 0.234. The number of Topliss-reactive ketones (excluding diaryl/α,β-unsaturated/α-hetero) is 1. The van der Waals surface area contributed by atoms with Crippen LogP contribution in [0.4, 0.5) is 0 Å². The Morgan fingerprint density at radius 3 is 2.26 bits per heavy atom. The lowest BCUT2D eigenvalue weighted by atomic mass is 9.99. The lowest BCUT2D eigenvalue weighted by molar-refractivity contribution is -0.128. The number of likely N-dealkylation sites (N-methyl/N-ethyl adjacent to an activating group) is 1. The molecule has 0 radical (unpaired) electrons. The minimum atomic E-state index is 0.0651. The van der Waals surface area contributed by atoms with Gasteiger partial charge >= 0.3 is 0 Å². The highest BCUT2D eigenvalue weighted by atomic mass is 32.2. The van der Waals surface area contributed by atoms with Crippen LogP contribution in [0.25, 0.3) is 0 Å². The summed E-state index contributed by atoms with van der Waals surface area (Å²) in [5.41, 5.74) is 4.10. The highest BCUT2D eigenvalue weighted by Crippen LogP contribution is 2.33. The fourth-order valence-electron chi connectivity index (χ4n) is 3.19. The van der Waals surface area contributed by atoms with Gasteiger partial charge < -0.3 is 9.47 Å². The number of rotatable bonds is 9. The number of amides is 1. The van der Waals surface area contributed by atoms with Crippen LogP contribution in [0.15, 0.2) is 60.0 Å². The fourth-order valence-corrected chi connectivity index (χ4v) is 4.09. The van der Waals surface area contributed by atoms with Crippen molar-refractivity contribution in [2.45, 2.75) is 36.6 Å². The van der Waals surface area contributed by atoms with E-state index in [9.17, 15) is 9.59 Å². The largest absolute Gasteiger partial charge is 0.349 e. The lowest BCUT2D eigenvalue weighted by Gasteiger charge is -2.12. The van der Waals surface area contributed by atoms with Gasteiger partial charge in [0.2, 0.25) is 5.91 Å². The van der Waals surface area contributed by atoms with E-state index in [1.54, 1.807) is 37.1 Å². The maximum Gasteiger partial charge on any atom is 0.226 e. The summed E-state index contributed by atoms with van der Waals surface area (Å²) in [5, 5.41) is 9.12. The standard InChI is InChI=1S/C24H28N4O2S/c1-17(31-24-26-25-16-28(24)4)21-7-5-6-20(12-21)14-22(29)13-18-8-10-19(11-9-18)15-23(30)27(2)3/h5-12,16-17H,13-15H2,1-4H3/t17-/m0/s1. The molecular weight excluding hydrogens is 408 g/mol. The number of thioether (sulfide) groups is 1. The molecule has 3 rings (SSSR count). The number of aryl methyl sites for hydroxylation is 1. The number of carbonyl (C=O) groups is 2. The molecule has 3 aromatic rings. The summed E-state index contributed by atoms with van der Waals surface area (Å²) < 4.78 is 1.90. The summed E-state index contributed by atoms with van der Waals surface area (Å²) in [6.07, 6.45) is 2.85. The first-order valence-electron chi connectivity index (χ1n) is 10.2. The van der Waals surface area contributed by atoms with Gasteiger partial charge in [0.1, 0.15) is 12.1 Å². The molecule has 0 aliphatic rings. The van der Waals surface area contributed by atoms with Crippen LogP contribution in [0.2, 0.25) is 0 Å². The van der Waals surface area contributed by atoms with Crippen LogP contribution in [0.5, 0.6) is 0 Å². The van der Waals surface area contributed by atoms with Gasteiger partial charge in [-0.2, -0.15) is 0 Å². The molecule has 1 heterocycles. The van der Waals surface area contributed by atoms with E-state index in [1.165, 1.54) is 0 Å². The van der Waals surface area contributed by atoms with Crippen LogP contribution >= 0.6 is 11.8 Å². The van der Waals surface area contributed by atoms with E-state index in [4.69, 9.17) is 0 Å². The van der Waals surface area contributed by atoms with Gasteiger partial charge in [0.25, 0.3) is 0 Å². The molecule has 1 atom stereocenters. The van der Waals surface area contributed by atoms with Gasteiger partial charge in [0, 0.05) is 39.2 Å². The highest BCUT2D eigenvalue weighted by molar-refractivity contribution is 7.99. The summed E-state index contributed by atoms with van der Waals surface area (Å²) in [4.78, 5) is 26.0. The maximum atomic E-state index is 12.6. The van der Waals surface area contributed by atoms with Gasteiger partial charge in [0.05, 0.1) is 6.42 Å². The molecule has 7 heteroatoms. The Labute approximate surface area is 187 Å². The Bertz CT molecular complexity index is 1040. The molecule has 0 spiro atoms. The first-order chi connectivity index (χ1) is 14.8. The molecule has 0 saturated carbocycles. The van der Waals surface area contributed by atoms with Crippen LogP contribution < -0.4 is 0 Å². The van der Waals surface area contributed by atoms with E-state index >= 15 is 0 Å². The zero-order valence-corrected chi connectivity index (χ0v) is 19.2. The van der Waals surface area contributed by atoms with Crippen LogP contribution in [-0.4, -0.2) is 45.5 Å². The van der Waals surface area contributed by atoms with Crippen LogP contribution in [0.3, 0.4) is 0 Å². The third-order valence-corrected chi connectivity index (χ3v) is 6.26. The van der Waals surface area contributed by atoms with Crippen LogP contribution in [-0.2, 0) is 35.9 Å². The summed E-state index contributed by atoms with van der Waals surface area (Å²) in [6.45, 7) is 2.13. The number of hydrogen-bond acceptors (Lipinski definition) is 5. The molecule has 31 heavy (non-hydrogen) atoms. The lowest BCUT2D eigenvalue weighted by Crippen LogP contribution is -2.23. The van der Waals surface area contributed by atoms with E-state index in [1.807, 2.05) is 48.0 Å². The summed E-state index contributed by atoms with van der Waals surface area (Å²) in [6, 6.07) is 15.9. The van der Waals surface area contributed by atoms with E-state index in [-0.39, 0.29) is 16.9 Å². The van der Waals surface area contributed by atoms with E-state index < -0.39 is 0 Å². The number of hydrogen-bond donors (Lipinski definition) is 0. The molecule has 0 aliphatic heterocycles. The van der Waals surface area contributed by atoms with E-state index in [0.29, 0.717) is 19.3 Å². The zero-order chi connectivity index (χ0) is 22.4. The van der Waals surface area contributed by atoms with Gasteiger partial charge in [0.15, 0.2) is 5.16 Å². The number of aromatic nitrogens is 3. The van der Waals surface area contributed by atoms with Crippen molar-refractivity contribution in [1.29, 1.82) is 0 Å². The summed E-state index contributed by atoms with van der Waals surface area (Å²) in [7, 11) is 5.43. The molecule has 0 saturated heterocycles. The Balaban J connectivity index is 1.57. The van der Waals surface area contributed by atoms with Crippen LogP contribution in [0.1, 0.15) is 34.4 Å². The molecule has 0 fully saturated rings. The zero-order valence-electron chi connectivity index (χ0n) is 18.4. The second-order valence-corrected chi connectivity index (χ2v) is 9.21. The number of benzene rings is 2. The van der Waals surface area contributed by atoms with E-state index in [2.05, 4.69) is 29.3 Å². The average Bonchev–Trinajstić information content (AvgIpc) is 3.14. The second-order valence-electron chi connectivity index (χ2n) is 7.90. The minimum Gasteiger partial charge on any atom is -0.349 e. The normalized spacial score (nSPS) is 11.9. The van der Waals surface area contributed by atoms with Gasteiger partial charge in [-0.25, -0.2) is 0 Å². The van der Waals surface area contributed by atoms with Crippen molar-refractivity contribution < 1.29 is 9.59 Å². The fraction of sp³-hybridized carbons (Fsp3) is 0.333. The Morgan fingerprint density at radius 2 is 1.65 bits per heavy atom. The predicted molar refractivity (Wildman–Crippen MR) is 123 cm³/mol. The molecule has 162 valence electrons. The third kappa shape index (κ3) is 6.52. The maximum absolute atomic E-state index is 12.6. The minimum absolute atomic E-state index is 0.0651. The SMILES string of the molecule is C[C@H](Sc1nncn1C)c1cccc(CC(=O)Cc2ccc(CC(=O)N(C)C)cc2)c1. The van der Waals surface area contributed by atoms with Crippen molar-refractivity contribution in [2.24, 2.45) is 7.05 Å². The molecule has 0 aliphatic carbocycles. The second kappa shape index (κ2) is 10.4. The average molecular weight is 437 g/mol. The number of nitrogens with zero attached hydrogens (tertiary/aromatic N) is 4. The Hall–Kier alpha value is -2.93. The molecule has 0 N–H and O–H groups in total. The third-order valence-electron chi connectivity index (χ3n) is 5.05. The molecule has 0 bridgehead atoms. The Morgan fingerprint density at radius 1 is 1.00 bits per heavy atom.